The van der Waals surface area contributed by atoms with Crippen molar-refractivity contribution in [3.8, 4) is 11.3 Å². The van der Waals surface area contributed by atoms with E-state index in [1.807, 2.05) is 42.6 Å². The van der Waals surface area contributed by atoms with Gasteiger partial charge in [-0.25, -0.2) is 15.5 Å². The molecule has 0 bridgehead atoms. The Morgan fingerprint density at radius 3 is 2.54 bits per heavy atom. The summed E-state index contributed by atoms with van der Waals surface area (Å²) >= 11 is 6.13. The Kier molecular flexibility index (Phi) is 4.93. The molecular formula is C17H18ClN7O. The van der Waals surface area contributed by atoms with Crippen molar-refractivity contribution < 1.29 is 5.11 Å². The van der Waals surface area contributed by atoms with Gasteiger partial charge in [0.25, 0.3) is 0 Å². The van der Waals surface area contributed by atoms with Gasteiger partial charge in [-0.05, 0) is 11.6 Å². The lowest BCUT2D eigenvalue weighted by molar-refractivity contribution is 0.151. The molecule has 5 N–H and O–H groups in total. The van der Waals surface area contributed by atoms with Gasteiger partial charge in [-0.3, -0.25) is 0 Å². The molecule has 2 heterocycles. The Morgan fingerprint density at radius 2 is 1.81 bits per heavy atom. The minimum atomic E-state index is -0.750. The monoisotopic (exact) mass is 371 g/mol. The number of benzene rings is 2. The fourth-order valence-corrected chi connectivity index (χ4v) is 3.07. The number of aromatic nitrogens is 3. The summed E-state index contributed by atoms with van der Waals surface area (Å²) < 4.78 is 1.62. The highest BCUT2D eigenvalue weighted by Gasteiger charge is 2.16. The van der Waals surface area contributed by atoms with E-state index in [9.17, 15) is 5.11 Å². The minimum absolute atomic E-state index is 0.00880. The van der Waals surface area contributed by atoms with E-state index in [-0.39, 0.29) is 12.7 Å². The summed E-state index contributed by atoms with van der Waals surface area (Å²) in [5, 5.41) is 19.2. The van der Waals surface area contributed by atoms with Crippen molar-refractivity contribution in [2.45, 2.75) is 18.8 Å². The number of nitrogens with one attached hydrogen (secondary N) is 4. The molecule has 1 fully saturated rings. The number of halogens is 1. The molecule has 8 nitrogen and oxygen atoms in total. The van der Waals surface area contributed by atoms with E-state index < -0.39 is 6.10 Å². The Bertz CT molecular complexity index is 877. The first-order chi connectivity index (χ1) is 12.7. The molecular weight excluding hydrogens is 354 g/mol. The molecule has 0 radical (unpaired) electrons. The number of nitrogens with zero attached hydrogens (tertiary/aromatic N) is 3. The van der Waals surface area contributed by atoms with Crippen molar-refractivity contribution in [3.05, 3.63) is 70.9 Å². The van der Waals surface area contributed by atoms with Crippen LogP contribution in [0.4, 0.5) is 0 Å². The summed E-state index contributed by atoms with van der Waals surface area (Å²) in [6.45, 7) is 0.280. The van der Waals surface area contributed by atoms with Gasteiger partial charge in [0.1, 0.15) is 18.0 Å². The zero-order chi connectivity index (χ0) is 17.9. The molecule has 2 aromatic carbocycles. The average Bonchev–Trinajstić information content (AvgIpc) is 3.34. The van der Waals surface area contributed by atoms with E-state index in [0.717, 1.165) is 16.8 Å². The van der Waals surface area contributed by atoms with Crippen LogP contribution in [-0.4, -0.2) is 20.1 Å². The number of hydrogen-bond donors (Lipinski definition) is 5. The summed E-state index contributed by atoms with van der Waals surface area (Å²) in [6.07, 6.45) is 1.05. The summed E-state index contributed by atoms with van der Waals surface area (Å²) in [6, 6.07) is 15.2. The zero-order valence-corrected chi connectivity index (χ0v) is 14.5. The predicted molar refractivity (Wildman–Crippen MR) is 97.2 cm³/mol. The lowest BCUT2D eigenvalue weighted by atomic mass is 10.1. The third-order valence-corrected chi connectivity index (χ3v) is 4.54. The number of hydrogen-bond acceptors (Lipinski definition) is 7. The molecule has 9 heteroatoms. The van der Waals surface area contributed by atoms with Crippen LogP contribution in [0.3, 0.4) is 0 Å². The van der Waals surface area contributed by atoms with Gasteiger partial charge in [0, 0.05) is 16.1 Å². The molecule has 4 rings (SSSR count). The smallest absolute Gasteiger partial charge is 0.113 e. The van der Waals surface area contributed by atoms with Crippen molar-refractivity contribution in [2.75, 3.05) is 0 Å². The minimum Gasteiger partial charge on any atom is -0.386 e. The molecule has 1 saturated heterocycles. The summed E-state index contributed by atoms with van der Waals surface area (Å²) in [7, 11) is 0. The molecule has 0 aliphatic carbocycles. The van der Waals surface area contributed by atoms with Gasteiger partial charge in [0.2, 0.25) is 0 Å². The topological polar surface area (TPSA) is 99.1 Å². The number of aliphatic hydroxyl groups is 1. The van der Waals surface area contributed by atoms with Crippen LogP contribution in [0, 0.1) is 0 Å². The van der Waals surface area contributed by atoms with Crippen LogP contribution in [-0.2, 0) is 6.54 Å². The molecule has 1 atom stereocenters. The number of aliphatic hydroxyl groups excluding tert-OH is 1. The van der Waals surface area contributed by atoms with Crippen LogP contribution >= 0.6 is 11.6 Å². The molecule has 1 unspecified atom stereocenters. The van der Waals surface area contributed by atoms with Gasteiger partial charge in [0.15, 0.2) is 0 Å². The van der Waals surface area contributed by atoms with Crippen molar-refractivity contribution in [1.82, 2.24) is 36.9 Å². The third kappa shape index (κ3) is 3.61. The average molecular weight is 372 g/mol. The molecule has 134 valence electrons. The second-order valence-electron chi connectivity index (χ2n) is 5.96. The Labute approximate surface area is 155 Å². The van der Waals surface area contributed by atoms with Gasteiger partial charge < -0.3 is 5.11 Å². The highest BCUT2D eigenvalue weighted by Crippen LogP contribution is 2.24. The highest BCUT2D eigenvalue weighted by atomic mass is 35.5. The maximum atomic E-state index is 10.4. The maximum Gasteiger partial charge on any atom is 0.113 e. The van der Waals surface area contributed by atoms with E-state index in [4.69, 9.17) is 11.6 Å². The van der Waals surface area contributed by atoms with Crippen LogP contribution < -0.4 is 21.9 Å². The molecule has 26 heavy (non-hydrogen) atoms. The Balaban J connectivity index is 1.46. The largest absolute Gasteiger partial charge is 0.386 e. The molecule has 1 aromatic heterocycles. The predicted octanol–water partition coefficient (Wildman–Crippen LogP) is 1.45. The van der Waals surface area contributed by atoms with Crippen molar-refractivity contribution >= 4 is 11.6 Å². The first-order valence-corrected chi connectivity index (χ1v) is 8.52. The molecule has 0 spiro atoms. The first kappa shape index (κ1) is 17.1. The summed E-state index contributed by atoms with van der Waals surface area (Å²) in [5.41, 5.74) is 15.1. The van der Waals surface area contributed by atoms with E-state index in [1.54, 1.807) is 16.8 Å². The van der Waals surface area contributed by atoms with Crippen LogP contribution in [0.1, 0.15) is 23.4 Å². The van der Waals surface area contributed by atoms with Crippen LogP contribution in [0.5, 0.6) is 0 Å². The third-order valence-electron chi connectivity index (χ3n) is 4.20. The number of rotatable bonds is 5. The fraction of sp³-hybridized carbons (Fsp3) is 0.176. The van der Waals surface area contributed by atoms with Gasteiger partial charge in [-0.2, -0.15) is 11.1 Å². The Hall–Kier alpha value is -2.33. The zero-order valence-electron chi connectivity index (χ0n) is 13.7. The van der Waals surface area contributed by atoms with Crippen LogP contribution in [0.2, 0.25) is 5.02 Å². The van der Waals surface area contributed by atoms with E-state index in [1.165, 1.54) is 0 Å². The van der Waals surface area contributed by atoms with Gasteiger partial charge in [0.05, 0.1) is 12.7 Å². The molecule has 1 aliphatic heterocycles. The lowest BCUT2D eigenvalue weighted by Gasteiger charge is -2.12. The summed E-state index contributed by atoms with van der Waals surface area (Å²) in [4.78, 5) is 0. The van der Waals surface area contributed by atoms with Crippen LogP contribution in [0.15, 0.2) is 54.7 Å². The molecule has 3 aromatic rings. The molecule has 0 saturated carbocycles. The number of hydrazine groups is 3. The van der Waals surface area contributed by atoms with Crippen molar-refractivity contribution in [3.63, 3.8) is 0 Å². The van der Waals surface area contributed by atoms with E-state index in [2.05, 4.69) is 32.2 Å². The van der Waals surface area contributed by atoms with Gasteiger partial charge in [-0.15, -0.1) is 5.10 Å². The highest BCUT2D eigenvalue weighted by molar-refractivity contribution is 6.31. The van der Waals surface area contributed by atoms with Crippen molar-refractivity contribution in [2.24, 2.45) is 0 Å². The molecule has 1 aliphatic rings. The second kappa shape index (κ2) is 7.50. The first-order valence-electron chi connectivity index (χ1n) is 8.15. The maximum absolute atomic E-state index is 10.4. The Morgan fingerprint density at radius 1 is 1.08 bits per heavy atom. The van der Waals surface area contributed by atoms with Gasteiger partial charge in [-0.1, -0.05) is 59.3 Å². The normalized spacial score (nSPS) is 16.1. The summed E-state index contributed by atoms with van der Waals surface area (Å²) in [5.74, 6) is 0. The van der Waals surface area contributed by atoms with Crippen LogP contribution in [0.25, 0.3) is 11.3 Å². The lowest BCUT2D eigenvalue weighted by Crippen LogP contribution is -2.33. The molecule has 0 amide bonds. The van der Waals surface area contributed by atoms with Crippen molar-refractivity contribution in [1.29, 1.82) is 0 Å². The fourth-order valence-electron chi connectivity index (χ4n) is 2.81. The quantitative estimate of drug-likeness (QED) is 0.463. The second-order valence-corrected chi connectivity index (χ2v) is 6.36. The van der Waals surface area contributed by atoms with E-state index in [0.29, 0.717) is 10.6 Å². The SMILES string of the molecule is OC(Cn1cc(-c2ccc(C3NNNN3)cc2)nn1)c1ccccc1Cl. The standard InChI is InChI=1S/C17H18ClN7O/c18-14-4-2-1-3-13(14)16(26)10-25-9-15(19-24-25)11-5-7-12(8-6-11)17-20-22-23-21-17/h1-9,16-17,20-23,26H,10H2. The van der Waals surface area contributed by atoms with Gasteiger partial charge >= 0.3 is 0 Å². The van der Waals surface area contributed by atoms with E-state index >= 15 is 0 Å².